The van der Waals surface area contributed by atoms with E-state index in [2.05, 4.69) is 26.8 Å². The van der Waals surface area contributed by atoms with Crippen LogP contribution >= 0.6 is 0 Å². The lowest BCUT2D eigenvalue weighted by molar-refractivity contribution is -0.274. The topological polar surface area (TPSA) is 44.8 Å². The van der Waals surface area contributed by atoms with Crippen LogP contribution in [0.4, 0.5) is 13.2 Å². The number of alkyl halides is 3. The predicted octanol–water partition coefficient (Wildman–Crippen LogP) is 1.84. The minimum absolute atomic E-state index is 0.00674. The molecule has 24 heavy (non-hydrogen) atoms. The number of carbonyl (C=O) groups excluding carboxylic acids is 1. The van der Waals surface area contributed by atoms with E-state index in [1.165, 1.54) is 18.2 Å². The number of rotatable bonds is 5. The fourth-order valence-electron chi connectivity index (χ4n) is 2.72. The van der Waals surface area contributed by atoms with Gasteiger partial charge >= 0.3 is 6.36 Å². The molecule has 0 bridgehead atoms. The number of hydrogen-bond donors (Lipinski definition) is 1. The summed E-state index contributed by atoms with van der Waals surface area (Å²) in [5.74, 6) is -0.508. The number of ether oxygens (including phenoxy) is 1. The molecule has 0 spiro atoms. The summed E-state index contributed by atoms with van der Waals surface area (Å²) in [4.78, 5) is 16.3. The van der Waals surface area contributed by atoms with Gasteiger partial charge in [0.25, 0.3) is 0 Å². The number of nitrogens with zero attached hydrogens (tertiary/aromatic N) is 2. The van der Waals surface area contributed by atoms with Crippen molar-refractivity contribution < 1.29 is 22.7 Å². The molecule has 1 fully saturated rings. The third kappa shape index (κ3) is 5.68. The van der Waals surface area contributed by atoms with Crippen molar-refractivity contribution in [2.24, 2.45) is 0 Å². The molecule has 0 unspecified atom stereocenters. The monoisotopic (exact) mass is 345 g/mol. The van der Waals surface area contributed by atoms with E-state index in [-0.39, 0.29) is 36.4 Å². The SMILES string of the molecule is C[C@@H]1CN(C)CCN1CC(=O)NCc1ccccc1OC(F)(F)F. The molecule has 0 radical (unpaired) electrons. The average molecular weight is 345 g/mol. The van der Waals surface area contributed by atoms with Crippen LogP contribution in [0, 0.1) is 0 Å². The summed E-state index contributed by atoms with van der Waals surface area (Å²) in [5.41, 5.74) is 0.287. The Hall–Kier alpha value is -1.80. The Labute approximate surface area is 139 Å². The highest BCUT2D eigenvalue weighted by Gasteiger charge is 2.32. The van der Waals surface area contributed by atoms with Crippen LogP contribution in [0.25, 0.3) is 0 Å². The Kier molecular flexibility index (Phi) is 6.06. The average Bonchev–Trinajstić information content (AvgIpc) is 2.48. The fraction of sp³-hybridized carbons (Fsp3) is 0.562. The van der Waals surface area contributed by atoms with E-state index in [1.807, 2.05) is 7.05 Å². The zero-order valence-electron chi connectivity index (χ0n) is 13.8. The van der Waals surface area contributed by atoms with Gasteiger partial charge in [0.15, 0.2) is 0 Å². The third-order valence-corrected chi connectivity index (χ3v) is 3.99. The molecular weight excluding hydrogens is 323 g/mol. The van der Waals surface area contributed by atoms with Gasteiger partial charge in [-0.1, -0.05) is 18.2 Å². The molecule has 0 aliphatic carbocycles. The second-order valence-corrected chi connectivity index (χ2v) is 6.01. The summed E-state index contributed by atoms with van der Waals surface area (Å²) < 4.78 is 41.1. The third-order valence-electron chi connectivity index (χ3n) is 3.99. The smallest absolute Gasteiger partial charge is 0.405 e. The van der Waals surface area contributed by atoms with E-state index in [0.29, 0.717) is 0 Å². The van der Waals surface area contributed by atoms with E-state index in [4.69, 9.17) is 0 Å². The number of likely N-dealkylation sites (N-methyl/N-ethyl adjacent to an activating group) is 1. The molecule has 134 valence electrons. The van der Waals surface area contributed by atoms with Crippen LogP contribution in [0.5, 0.6) is 5.75 Å². The van der Waals surface area contributed by atoms with Crippen LogP contribution in [0.2, 0.25) is 0 Å². The second-order valence-electron chi connectivity index (χ2n) is 6.01. The molecule has 1 amide bonds. The standard InChI is InChI=1S/C16H22F3N3O2/c1-12-10-21(2)7-8-22(12)11-15(23)20-9-13-5-3-4-6-14(13)24-16(17,18)19/h3-6,12H,7-11H2,1-2H3,(H,20,23)/t12-/m1/s1. The zero-order valence-corrected chi connectivity index (χ0v) is 13.8. The molecule has 1 N–H and O–H groups in total. The Morgan fingerprint density at radius 3 is 2.71 bits per heavy atom. The number of hydrogen-bond acceptors (Lipinski definition) is 4. The molecule has 5 nitrogen and oxygen atoms in total. The van der Waals surface area contributed by atoms with Gasteiger partial charge in [-0.3, -0.25) is 9.69 Å². The maximum atomic E-state index is 12.4. The van der Waals surface area contributed by atoms with E-state index in [0.717, 1.165) is 19.6 Å². The highest BCUT2D eigenvalue weighted by molar-refractivity contribution is 5.78. The lowest BCUT2D eigenvalue weighted by atomic mass is 10.2. The Morgan fingerprint density at radius 2 is 2.04 bits per heavy atom. The lowest BCUT2D eigenvalue weighted by Gasteiger charge is -2.37. The molecule has 1 aliphatic heterocycles. The zero-order chi connectivity index (χ0) is 17.7. The Balaban J connectivity index is 1.88. The molecule has 1 saturated heterocycles. The molecule has 2 rings (SSSR count). The van der Waals surface area contributed by atoms with Crippen LogP contribution < -0.4 is 10.1 Å². The van der Waals surface area contributed by atoms with Crippen molar-refractivity contribution >= 4 is 5.91 Å². The highest BCUT2D eigenvalue weighted by atomic mass is 19.4. The Bertz CT molecular complexity index is 566. The van der Waals surface area contributed by atoms with Crippen LogP contribution in [-0.2, 0) is 11.3 Å². The van der Waals surface area contributed by atoms with Crippen LogP contribution in [0.1, 0.15) is 12.5 Å². The molecule has 0 aromatic heterocycles. The highest BCUT2D eigenvalue weighted by Crippen LogP contribution is 2.26. The first-order valence-corrected chi connectivity index (χ1v) is 7.77. The van der Waals surface area contributed by atoms with Crippen molar-refractivity contribution in [3.63, 3.8) is 0 Å². The molecule has 1 aromatic rings. The van der Waals surface area contributed by atoms with Crippen molar-refractivity contribution in [3.05, 3.63) is 29.8 Å². The molecule has 1 aromatic carbocycles. The first kappa shape index (κ1) is 18.5. The van der Waals surface area contributed by atoms with E-state index >= 15 is 0 Å². The van der Waals surface area contributed by atoms with Crippen molar-refractivity contribution in [1.29, 1.82) is 0 Å². The molecule has 1 heterocycles. The summed E-state index contributed by atoms with van der Waals surface area (Å²) in [6.07, 6.45) is -4.75. The number of para-hydroxylation sites is 1. The number of benzene rings is 1. The first-order valence-electron chi connectivity index (χ1n) is 7.77. The largest absolute Gasteiger partial charge is 0.573 e. The number of carbonyl (C=O) groups is 1. The van der Waals surface area contributed by atoms with Gasteiger partial charge < -0.3 is 15.0 Å². The molecular formula is C16H22F3N3O2. The normalized spacial score (nSPS) is 20.0. The summed E-state index contributed by atoms with van der Waals surface area (Å²) >= 11 is 0. The van der Waals surface area contributed by atoms with Crippen LogP contribution in [-0.4, -0.2) is 61.3 Å². The minimum atomic E-state index is -4.75. The molecule has 0 saturated carbocycles. The molecule has 1 aliphatic rings. The molecule has 1 atom stereocenters. The van der Waals surface area contributed by atoms with E-state index < -0.39 is 6.36 Å². The van der Waals surface area contributed by atoms with Gasteiger partial charge in [-0.15, -0.1) is 13.2 Å². The lowest BCUT2D eigenvalue weighted by Crippen LogP contribution is -2.53. The van der Waals surface area contributed by atoms with Crippen molar-refractivity contribution in [3.8, 4) is 5.75 Å². The Morgan fingerprint density at radius 1 is 1.33 bits per heavy atom. The van der Waals surface area contributed by atoms with E-state index in [9.17, 15) is 18.0 Å². The van der Waals surface area contributed by atoms with Crippen LogP contribution in [0.3, 0.4) is 0 Å². The first-order chi connectivity index (χ1) is 11.2. The van der Waals surface area contributed by atoms with E-state index in [1.54, 1.807) is 6.07 Å². The second kappa shape index (κ2) is 7.85. The molecule has 8 heteroatoms. The summed E-state index contributed by atoms with van der Waals surface area (Å²) in [6, 6.07) is 6.05. The van der Waals surface area contributed by atoms with Gasteiger partial charge in [-0.25, -0.2) is 0 Å². The van der Waals surface area contributed by atoms with Gasteiger partial charge in [-0.05, 0) is 20.0 Å². The number of nitrogens with one attached hydrogen (secondary N) is 1. The van der Waals surface area contributed by atoms with Crippen molar-refractivity contribution in [2.75, 3.05) is 33.2 Å². The fourth-order valence-corrected chi connectivity index (χ4v) is 2.72. The predicted molar refractivity (Wildman–Crippen MR) is 83.5 cm³/mol. The number of amides is 1. The minimum Gasteiger partial charge on any atom is -0.405 e. The van der Waals surface area contributed by atoms with Gasteiger partial charge in [0.2, 0.25) is 5.91 Å². The van der Waals surface area contributed by atoms with Gasteiger partial charge in [0.1, 0.15) is 5.75 Å². The summed E-state index contributed by atoms with van der Waals surface area (Å²) in [7, 11) is 2.03. The summed E-state index contributed by atoms with van der Waals surface area (Å²) in [5, 5.41) is 2.66. The number of halogens is 3. The number of piperazine rings is 1. The quantitative estimate of drug-likeness (QED) is 0.885. The van der Waals surface area contributed by atoms with Gasteiger partial charge in [0.05, 0.1) is 6.54 Å². The van der Waals surface area contributed by atoms with Gasteiger partial charge in [-0.2, -0.15) is 0 Å². The maximum Gasteiger partial charge on any atom is 0.573 e. The van der Waals surface area contributed by atoms with Crippen molar-refractivity contribution in [1.82, 2.24) is 15.1 Å². The summed E-state index contributed by atoms with van der Waals surface area (Å²) in [6.45, 7) is 4.84. The van der Waals surface area contributed by atoms with Crippen molar-refractivity contribution in [2.45, 2.75) is 25.9 Å². The van der Waals surface area contributed by atoms with Gasteiger partial charge in [0, 0.05) is 37.8 Å². The van der Waals surface area contributed by atoms with Crippen LogP contribution in [0.15, 0.2) is 24.3 Å². The maximum absolute atomic E-state index is 12.4.